The maximum Gasteiger partial charge on any atom is 0.306 e. The van der Waals surface area contributed by atoms with Gasteiger partial charge in [0.25, 0.3) is 0 Å². The number of ether oxygens (including phenoxy) is 2. The Morgan fingerprint density at radius 1 is 1.17 bits per heavy atom. The maximum absolute atomic E-state index is 11.5. The average Bonchev–Trinajstić information content (AvgIpc) is 2.53. The summed E-state index contributed by atoms with van der Waals surface area (Å²) >= 11 is 3.51. The standard InChI is InChI=1S/C20H23BrO3/c1-4-23-20(22)13-14(2)12-16-8-10-17(11-9-16)24-19-7-5-6-18(21)15(19)3/h5-11,14H,4,12-13H2,1-3H3. The molecule has 0 aliphatic carbocycles. The average molecular weight is 391 g/mol. The molecule has 0 radical (unpaired) electrons. The Bertz CT molecular complexity index is 680. The van der Waals surface area contributed by atoms with Crippen LogP contribution in [0.2, 0.25) is 0 Å². The van der Waals surface area contributed by atoms with Crippen LogP contribution in [-0.4, -0.2) is 12.6 Å². The lowest BCUT2D eigenvalue weighted by Crippen LogP contribution is -2.11. The first-order valence-corrected chi connectivity index (χ1v) is 8.96. The highest BCUT2D eigenvalue weighted by atomic mass is 79.9. The van der Waals surface area contributed by atoms with Crippen LogP contribution in [0.25, 0.3) is 0 Å². The van der Waals surface area contributed by atoms with E-state index in [0.717, 1.165) is 28.0 Å². The second kappa shape index (κ2) is 8.88. The van der Waals surface area contributed by atoms with E-state index in [-0.39, 0.29) is 11.9 Å². The molecule has 0 fully saturated rings. The summed E-state index contributed by atoms with van der Waals surface area (Å²) in [7, 11) is 0. The molecule has 0 heterocycles. The SMILES string of the molecule is CCOC(=O)CC(C)Cc1ccc(Oc2cccc(Br)c2C)cc1. The molecule has 128 valence electrons. The Morgan fingerprint density at radius 2 is 1.88 bits per heavy atom. The van der Waals surface area contributed by atoms with Crippen LogP contribution >= 0.6 is 15.9 Å². The van der Waals surface area contributed by atoms with E-state index in [2.05, 4.69) is 22.9 Å². The maximum atomic E-state index is 11.5. The molecular formula is C20H23BrO3. The smallest absolute Gasteiger partial charge is 0.306 e. The van der Waals surface area contributed by atoms with Crippen molar-refractivity contribution in [2.45, 2.75) is 33.6 Å². The molecule has 0 amide bonds. The molecule has 2 aromatic rings. The van der Waals surface area contributed by atoms with Gasteiger partial charge in [-0.1, -0.05) is 41.1 Å². The number of hydrogen-bond acceptors (Lipinski definition) is 3. The fourth-order valence-corrected chi connectivity index (χ4v) is 2.85. The molecule has 0 spiro atoms. The minimum Gasteiger partial charge on any atom is -0.466 e. The predicted octanol–water partition coefficient (Wildman–Crippen LogP) is 5.68. The summed E-state index contributed by atoms with van der Waals surface area (Å²) in [5, 5.41) is 0. The van der Waals surface area contributed by atoms with E-state index in [4.69, 9.17) is 9.47 Å². The first kappa shape index (κ1) is 18.5. The number of carbonyl (C=O) groups excluding carboxylic acids is 1. The van der Waals surface area contributed by atoms with Gasteiger partial charge >= 0.3 is 5.97 Å². The summed E-state index contributed by atoms with van der Waals surface area (Å²) in [6.45, 7) is 6.35. The Balaban J connectivity index is 1.95. The molecule has 1 unspecified atom stereocenters. The highest BCUT2D eigenvalue weighted by Crippen LogP contribution is 2.30. The molecule has 4 heteroatoms. The third-order valence-electron chi connectivity index (χ3n) is 3.77. The first-order valence-electron chi connectivity index (χ1n) is 8.17. The summed E-state index contributed by atoms with van der Waals surface area (Å²) in [5.74, 6) is 1.77. The van der Waals surface area contributed by atoms with Crippen molar-refractivity contribution in [1.29, 1.82) is 0 Å². The molecule has 0 saturated carbocycles. The van der Waals surface area contributed by atoms with Gasteiger partial charge in [-0.05, 0) is 56.0 Å². The van der Waals surface area contributed by atoms with Gasteiger partial charge in [0.05, 0.1) is 6.61 Å². The quantitative estimate of drug-likeness (QED) is 0.570. The van der Waals surface area contributed by atoms with E-state index >= 15 is 0 Å². The van der Waals surface area contributed by atoms with Crippen LogP contribution in [0.4, 0.5) is 0 Å². The minimum absolute atomic E-state index is 0.130. The van der Waals surface area contributed by atoms with E-state index < -0.39 is 0 Å². The molecule has 0 aliphatic rings. The van der Waals surface area contributed by atoms with Crippen LogP contribution in [0.15, 0.2) is 46.9 Å². The predicted molar refractivity (Wildman–Crippen MR) is 99.5 cm³/mol. The lowest BCUT2D eigenvalue weighted by Gasteiger charge is -2.12. The van der Waals surface area contributed by atoms with Crippen LogP contribution < -0.4 is 4.74 Å². The van der Waals surface area contributed by atoms with Gasteiger partial charge in [0.1, 0.15) is 11.5 Å². The number of rotatable bonds is 7. The van der Waals surface area contributed by atoms with Crippen LogP contribution in [0.5, 0.6) is 11.5 Å². The molecule has 2 rings (SSSR count). The highest BCUT2D eigenvalue weighted by Gasteiger charge is 2.11. The molecule has 3 nitrogen and oxygen atoms in total. The first-order chi connectivity index (χ1) is 11.5. The Morgan fingerprint density at radius 3 is 2.54 bits per heavy atom. The zero-order valence-corrected chi connectivity index (χ0v) is 15.9. The zero-order valence-electron chi connectivity index (χ0n) is 14.3. The number of halogens is 1. The van der Waals surface area contributed by atoms with Crippen LogP contribution in [0, 0.1) is 12.8 Å². The fourth-order valence-electron chi connectivity index (χ4n) is 2.50. The zero-order chi connectivity index (χ0) is 17.5. The van der Waals surface area contributed by atoms with Gasteiger partial charge < -0.3 is 9.47 Å². The Hall–Kier alpha value is -1.81. The summed E-state index contributed by atoms with van der Waals surface area (Å²) < 4.78 is 12.0. The molecule has 0 N–H and O–H groups in total. The number of benzene rings is 2. The highest BCUT2D eigenvalue weighted by molar-refractivity contribution is 9.10. The van der Waals surface area contributed by atoms with Crippen molar-refractivity contribution < 1.29 is 14.3 Å². The van der Waals surface area contributed by atoms with Gasteiger partial charge in [-0.15, -0.1) is 0 Å². The number of esters is 1. The number of carbonyl (C=O) groups is 1. The van der Waals surface area contributed by atoms with E-state index in [1.807, 2.05) is 56.3 Å². The summed E-state index contributed by atoms with van der Waals surface area (Å²) in [6, 6.07) is 13.9. The molecular weight excluding hydrogens is 368 g/mol. The number of hydrogen-bond donors (Lipinski definition) is 0. The van der Waals surface area contributed by atoms with Gasteiger partial charge in [0.15, 0.2) is 0 Å². The Labute approximate surface area is 152 Å². The molecule has 24 heavy (non-hydrogen) atoms. The van der Waals surface area contributed by atoms with E-state index in [9.17, 15) is 4.79 Å². The third kappa shape index (κ3) is 5.38. The van der Waals surface area contributed by atoms with Crippen molar-refractivity contribution in [3.8, 4) is 11.5 Å². The van der Waals surface area contributed by atoms with Crippen molar-refractivity contribution in [2.24, 2.45) is 5.92 Å². The molecule has 0 saturated heterocycles. The fraction of sp³-hybridized carbons (Fsp3) is 0.350. The molecule has 2 aromatic carbocycles. The van der Waals surface area contributed by atoms with Gasteiger partial charge in [-0.2, -0.15) is 0 Å². The second-order valence-corrected chi connectivity index (χ2v) is 6.78. The van der Waals surface area contributed by atoms with Crippen molar-refractivity contribution >= 4 is 21.9 Å². The molecule has 0 bridgehead atoms. The van der Waals surface area contributed by atoms with Crippen LogP contribution in [0.3, 0.4) is 0 Å². The molecule has 0 aliphatic heterocycles. The van der Waals surface area contributed by atoms with Gasteiger partial charge in [-0.25, -0.2) is 0 Å². The third-order valence-corrected chi connectivity index (χ3v) is 4.63. The summed E-state index contributed by atoms with van der Waals surface area (Å²) in [4.78, 5) is 11.5. The second-order valence-electron chi connectivity index (χ2n) is 5.93. The normalized spacial score (nSPS) is 11.8. The topological polar surface area (TPSA) is 35.5 Å². The lowest BCUT2D eigenvalue weighted by atomic mass is 9.98. The van der Waals surface area contributed by atoms with E-state index in [1.54, 1.807) is 0 Å². The van der Waals surface area contributed by atoms with Crippen LogP contribution in [-0.2, 0) is 16.0 Å². The van der Waals surface area contributed by atoms with Gasteiger partial charge in [0, 0.05) is 16.5 Å². The van der Waals surface area contributed by atoms with Gasteiger partial charge in [0.2, 0.25) is 0 Å². The summed E-state index contributed by atoms with van der Waals surface area (Å²) in [6.07, 6.45) is 1.29. The Kier molecular flexibility index (Phi) is 6.85. The largest absolute Gasteiger partial charge is 0.466 e. The molecule has 1 atom stereocenters. The van der Waals surface area contributed by atoms with E-state index in [0.29, 0.717) is 13.0 Å². The van der Waals surface area contributed by atoms with Gasteiger partial charge in [-0.3, -0.25) is 4.79 Å². The van der Waals surface area contributed by atoms with Crippen molar-refractivity contribution in [1.82, 2.24) is 0 Å². The summed E-state index contributed by atoms with van der Waals surface area (Å²) in [5.41, 5.74) is 2.26. The van der Waals surface area contributed by atoms with Crippen molar-refractivity contribution in [3.05, 3.63) is 58.1 Å². The van der Waals surface area contributed by atoms with Crippen LogP contribution in [0.1, 0.15) is 31.4 Å². The lowest BCUT2D eigenvalue weighted by molar-refractivity contribution is -0.144. The van der Waals surface area contributed by atoms with Crippen molar-refractivity contribution in [3.63, 3.8) is 0 Å². The monoisotopic (exact) mass is 390 g/mol. The molecule has 0 aromatic heterocycles. The van der Waals surface area contributed by atoms with E-state index in [1.165, 1.54) is 5.56 Å². The van der Waals surface area contributed by atoms with Crippen molar-refractivity contribution in [2.75, 3.05) is 6.61 Å². The minimum atomic E-state index is -0.130.